The number of nitrogens with zero attached hydrogens (tertiary/aromatic N) is 1. The van der Waals surface area contributed by atoms with Gasteiger partial charge in [-0.25, -0.2) is 9.78 Å². The number of aromatic nitrogens is 1. The summed E-state index contributed by atoms with van der Waals surface area (Å²) in [6, 6.07) is 1.48. The highest BCUT2D eigenvalue weighted by atomic mass is 127. The molecule has 0 aromatic carbocycles. The molecule has 0 spiro atoms. The van der Waals surface area contributed by atoms with Crippen molar-refractivity contribution in [3.63, 3.8) is 0 Å². The fourth-order valence-electron chi connectivity index (χ4n) is 0.621. The molecule has 4 nitrogen and oxygen atoms in total. The molecule has 0 unspecified atom stereocenters. The molecule has 5 heteroatoms. The molecule has 58 valence electrons. The highest BCUT2D eigenvalue weighted by molar-refractivity contribution is 14.1. The van der Waals surface area contributed by atoms with Gasteiger partial charge in [0.15, 0.2) is 0 Å². The third-order valence-corrected chi connectivity index (χ3v) is 1.71. The lowest BCUT2D eigenvalue weighted by Crippen LogP contribution is -2.04. The van der Waals surface area contributed by atoms with E-state index in [-0.39, 0.29) is 11.4 Å². The highest BCUT2D eigenvalue weighted by Crippen LogP contribution is 2.11. The zero-order valence-corrected chi connectivity index (χ0v) is 7.57. The molecule has 1 heterocycles. The minimum Gasteiger partial charge on any atom is -0.478 e. The van der Waals surface area contributed by atoms with Crippen molar-refractivity contribution in [2.45, 2.75) is 0 Å². The largest absolute Gasteiger partial charge is 0.478 e. The summed E-state index contributed by atoms with van der Waals surface area (Å²) < 4.78 is 0.759. The molecule has 0 atom stereocenters. The van der Waals surface area contributed by atoms with Gasteiger partial charge in [0, 0.05) is 9.77 Å². The van der Waals surface area contributed by atoms with Crippen molar-refractivity contribution in [1.82, 2.24) is 4.98 Å². The Kier molecular flexibility index (Phi) is 2.28. The van der Waals surface area contributed by atoms with Gasteiger partial charge in [-0.2, -0.15) is 0 Å². The molecular weight excluding hydrogens is 259 g/mol. The van der Waals surface area contributed by atoms with Crippen LogP contribution in [0.25, 0.3) is 0 Å². The first kappa shape index (κ1) is 8.25. The molecule has 0 amide bonds. The Morgan fingerprint density at radius 1 is 1.73 bits per heavy atom. The van der Waals surface area contributed by atoms with Crippen LogP contribution in [0.4, 0.5) is 5.82 Å². The second-order valence-electron chi connectivity index (χ2n) is 1.89. The van der Waals surface area contributed by atoms with Gasteiger partial charge in [0.05, 0.1) is 0 Å². The second kappa shape index (κ2) is 3.04. The number of hydrogen-bond acceptors (Lipinski definition) is 3. The predicted octanol–water partition coefficient (Wildman–Crippen LogP) is 0.967. The molecule has 3 N–H and O–H groups in total. The van der Waals surface area contributed by atoms with E-state index in [0.29, 0.717) is 0 Å². The summed E-state index contributed by atoms with van der Waals surface area (Å²) in [6.45, 7) is 0. The van der Waals surface area contributed by atoms with Crippen LogP contribution >= 0.6 is 22.6 Å². The smallest absolute Gasteiger partial charge is 0.339 e. The summed E-state index contributed by atoms with van der Waals surface area (Å²) in [5.41, 5.74) is 5.35. The Morgan fingerprint density at radius 2 is 2.36 bits per heavy atom. The van der Waals surface area contributed by atoms with Gasteiger partial charge in [-0.15, -0.1) is 0 Å². The SMILES string of the molecule is Nc1ncc(I)cc1C(=O)O. The zero-order chi connectivity index (χ0) is 8.43. The van der Waals surface area contributed by atoms with E-state index in [1.165, 1.54) is 12.3 Å². The van der Waals surface area contributed by atoms with Crippen LogP contribution in [-0.2, 0) is 0 Å². The molecule has 0 fully saturated rings. The average molecular weight is 264 g/mol. The van der Waals surface area contributed by atoms with Crippen molar-refractivity contribution in [1.29, 1.82) is 0 Å². The molecule has 0 aliphatic heterocycles. The maximum Gasteiger partial charge on any atom is 0.339 e. The van der Waals surface area contributed by atoms with E-state index in [9.17, 15) is 4.79 Å². The summed E-state index contributed by atoms with van der Waals surface area (Å²) in [6.07, 6.45) is 1.52. The van der Waals surface area contributed by atoms with Crippen LogP contribution in [-0.4, -0.2) is 16.1 Å². The number of carbonyl (C=O) groups is 1. The van der Waals surface area contributed by atoms with E-state index >= 15 is 0 Å². The van der Waals surface area contributed by atoms with Gasteiger partial charge in [-0.3, -0.25) is 0 Å². The lowest BCUT2D eigenvalue weighted by Gasteiger charge is -1.98. The number of hydrogen-bond donors (Lipinski definition) is 2. The maximum absolute atomic E-state index is 10.5. The van der Waals surface area contributed by atoms with Crippen LogP contribution in [0.3, 0.4) is 0 Å². The van der Waals surface area contributed by atoms with Crippen LogP contribution in [0.5, 0.6) is 0 Å². The van der Waals surface area contributed by atoms with Crippen molar-refractivity contribution >= 4 is 34.4 Å². The van der Waals surface area contributed by atoms with Crippen molar-refractivity contribution in [3.05, 3.63) is 21.4 Å². The average Bonchev–Trinajstić information content (AvgIpc) is 1.94. The number of pyridine rings is 1. The number of aromatic carboxylic acids is 1. The monoisotopic (exact) mass is 264 g/mol. The first-order valence-electron chi connectivity index (χ1n) is 2.75. The van der Waals surface area contributed by atoms with Crippen molar-refractivity contribution in [3.8, 4) is 0 Å². The summed E-state index contributed by atoms with van der Waals surface area (Å²) >= 11 is 1.97. The highest BCUT2D eigenvalue weighted by Gasteiger charge is 2.08. The van der Waals surface area contributed by atoms with Crippen LogP contribution in [0.2, 0.25) is 0 Å². The molecule has 0 saturated carbocycles. The summed E-state index contributed by atoms with van der Waals surface area (Å²) in [5.74, 6) is -0.994. The molecule has 1 rings (SSSR count). The standard InChI is InChI=1S/C6H5IN2O2/c7-3-1-4(6(10)11)5(8)9-2-3/h1-2H,(H2,8,9)(H,10,11). The number of nitrogen functional groups attached to an aromatic ring is 1. The third kappa shape index (κ3) is 1.79. The minimum absolute atomic E-state index is 0.0527. The normalized spacial score (nSPS) is 9.55. The van der Waals surface area contributed by atoms with Gasteiger partial charge >= 0.3 is 5.97 Å². The number of carboxylic acids is 1. The van der Waals surface area contributed by atoms with E-state index < -0.39 is 5.97 Å². The Morgan fingerprint density at radius 3 is 2.82 bits per heavy atom. The van der Waals surface area contributed by atoms with Gasteiger partial charge in [-0.1, -0.05) is 0 Å². The number of nitrogens with two attached hydrogens (primary N) is 1. The summed E-state index contributed by atoms with van der Waals surface area (Å²) in [7, 11) is 0. The van der Waals surface area contributed by atoms with E-state index in [4.69, 9.17) is 10.8 Å². The van der Waals surface area contributed by atoms with Gasteiger partial charge in [0.2, 0.25) is 0 Å². The van der Waals surface area contributed by atoms with Crippen LogP contribution in [0.15, 0.2) is 12.3 Å². The molecule has 11 heavy (non-hydrogen) atoms. The molecule has 0 saturated heterocycles. The second-order valence-corrected chi connectivity index (χ2v) is 3.14. The fraction of sp³-hybridized carbons (Fsp3) is 0. The van der Waals surface area contributed by atoms with Crippen molar-refractivity contribution in [2.75, 3.05) is 5.73 Å². The first-order chi connectivity index (χ1) is 5.11. The lowest BCUT2D eigenvalue weighted by atomic mass is 10.3. The maximum atomic E-state index is 10.5. The number of rotatable bonds is 1. The Hall–Kier alpha value is -0.850. The molecule has 0 bridgehead atoms. The Bertz CT molecular complexity index is 301. The van der Waals surface area contributed by atoms with E-state index in [2.05, 4.69) is 4.98 Å². The van der Waals surface area contributed by atoms with E-state index in [1.807, 2.05) is 22.6 Å². The Balaban J connectivity index is 3.23. The third-order valence-electron chi connectivity index (χ3n) is 1.12. The predicted molar refractivity (Wildman–Crippen MR) is 48.3 cm³/mol. The van der Waals surface area contributed by atoms with E-state index in [1.54, 1.807) is 0 Å². The topological polar surface area (TPSA) is 76.2 Å². The van der Waals surface area contributed by atoms with Gasteiger partial charge in [-0.05, 0) is 28.7 Å². The molecule has 0 aliphatic carbocycles. The first-order valence-corrected chi connectivity index (χ1v) is 3.83. The summed E-state index contributed by atoms with van der Waals surface area (Å²) in [4.78, 5) is 14.1. The molecule has 1 aromatic rings. The lowest BCUT2D eigenvalue weighted by molar-refractivity contribution is 0.0697. The van der Waals surface area contributed by atoms with Crippen molar-refractivity contribution in [2.24, 2.45) is 0 Å². The van der Waals surface area contributed by atoms with Crippen molar-refractivity contribution < 1.29 is 9.90 Å². The number of halogens is 1. The Labute approximate surface area is 76.6 Å². The van der Waals surface area contributed by atoms with Crippen LogP contribution in [0, 0.1) is 3.57 Å². The molecule has 0 aliphatic rings. The molecule has 1 aromatic heterocycles. The zero-order valence-electron chi connectivity index (χ0n) is 5.41. The number of carboxylic acid groups (broad SMARTS) is 1. The molecule has 0 radical (unpaired) electrons. The van der Waals surface area contributed by atoms with Crippen LogP contribution < -0.4 is 5.73 Å². The molecular formula is C6H5IN2O2. The number of anilines is 1. The summed E-state index contributed by atoms with van der Waals surface area (Å²) in [5, 5.41) is 8.57. The van der Waals surface area contributed by atoms with Gasteiger partial charge < -0.3 is 10.8 Å². The fourth-order valence-corrected chi connectivity index (χ4v) is 1.07. The van der Waals surface area contributed by atoms with E-state index in [0.717, 1.165) is 3.57 Å². The quantitative estimate of drug-likeness (QED) is 0.741. The van der Waals surface area contributed by atoms with Gasteiger partial charge in [0.1, 0.15) is 11.4 Å². The minimum atomic E-state index is -1.05. The van der Waals surface area contributed by atoms with Gasteiger partial charge in [0.25, 0.3) is 0 Å². The van der Waals surface area contributed by atoms with Crippen LogP contribution in [0.1, 0.15) is 10.4 Å².